The number of amides is 2. The molecule has 126 valence electrons. The van der Waals surface area contributed by atoms with Crippen molar-refractivity contribution in [3.05, 3.63) is 54.1 Å². The van der Waals surface area contributed by atoms with Crippen molar-refractivity contribution in [2.24, 2.45) is 11.7 Å². The van der Waals surface area contributed by atoms with Crippen LogP contribution in [0.15, 0.2) is 48.5 Å². The van der Waals surface area contributed by atoms with E-state index >= 15 is 0 Å². The maximum Gasteiger partial charge on any atom is 0.244 e. The summed E-state index contributed by atoms with van der Waals surface area (Å²) in [6, 6.07) is 15.3. The zero-order valence-electron chi connectivity index (χ0n) is 13.4. The summed E-state index contributed by atoms with van der Waals surface area (Å²) in [4.78, 5) is 22.7. The average molecular weight is 328 g/mol. The third-order valence-electron chi connectivity index (χ3n) is 3.81. The molecular formula is C18H20N2O4. The molecule has 0 radical (unpaired) electrons. The molecule has 0 fully saturated rings. The van der Waals surface area contributed by atoms with E-state index in [1.165, 1.54) is 5.48 Å². The van der Waals surface area contributed by atoms with Gasteiger partial charge < -0.3 is 10.5 Å². The van der Waals surface area contributed by atoms with Gasteiger partial charge in [0.25, 0.3) is 0 Å². The van der Waals surface area contributed by atoms with Crippen molar-refractivity contribution in [1.82, 2.24) is 5.48 Å². The number of rotatable bonds is 7. The lowest BCUT2D eigenvalue weighted by atomic mass is 9.94. The van der Waals surface area contributed by atoms with E-state index in [-0.39, 0.29) is 6.42 Å². The predicted octanol–water partition coefficient (Wildman–Crippen LogP) is 1.90. The summed E-state index contributed by atoms with van der Waals surface area (Å²) < 4.78 is 5.35. The molecule has 6 nitrogen and oxygen atoms in total. The maximum absolute atomic E-state index is 11.5. The number of benzene rings is 2. The number of hydroxylamine groups is 1. The quantitative estimate of drug-likeness (QED) is 0.533. The molecule has 0 unspecified atom stereocenters. The van der Waals surface area contributed by atoms with Crippen LogP contribution in [0.1, 0.15) is 12.0 Å². The average Bonchev–Trinajstić information content (AvgIpc) is 2.61. The maximum atomic E-state index is 11.5. The van der Waals surface area contributed by atoms with E-state index in [9.17, 15) is 9.59 Å². The predicted molar refractivity (Wildman–Crippen MR) is 89.4 cm³/mol. The van der Waals surface area contributed by atoms with Crippen LogP contribution in [0.5, 0.6) is 5.75 Å². The molecule has 1 atom stereocenters. The van der Waals surface area contributed by atoms with E-state index in [2.05, 4.69) is 0 Å². The van der Waals surface area contributed by atoms with Gasteiger partial charge in [0.05, 0.1) is 13.0 Å². The first-order valence-corrected chi connectivity index (χ1v) is 7.49. The fourth-order valence-corrected chi connectivity index (χ4v) is 2.53. The molecule has 0 spiro atoms. The third-order valence-corrected chi connectivity index (χ3v) is 3.81. The van der Waals surface area contributed by atoms with E-state index in [4.69, 9.17) is 15.7 Å². The number of para-hydroxylation sites is 1. The van der Waals surface area contributed by atoms with E-state index in [1.807, 2.05) is 48.5 Å². The molecule has 0 heterocycles. The number of carbonyl (C=O) groups is 2. The fraction of sp³-hybridized carbons (Fsp3) is 0.222. The highest BCUT2D eigenvalue weighted by Gasteiger charge is 2.20. The van der Waals surface area contributed by atoms with Crippen LogP contribution < -0.4 is 16.0 Å². The molecule has 6 heteroatoms. The van der Waals surface area contributed by atoms with Crippen LogP contribution in [0, 0.1) is 5.92 Å². The Morgan fingerprint density at radius 3 is 2.42 bits per heavy atom. The van der Waals surface area contributed by atoms with Gasteiger partial charge in [-0.1, -0.05) is 42.5 Å². The monoisotopic (exact) mass is 328 g/mol. The molecule has 2 aromatic carbocycles. The second-order valence-corrected chi connectivity index (χ2v) is 5.44. The summed E-state index contributed by atoms with van der Waals surface area (Å²) in [5.41, 5.74) is 9.68. The minimum atomic E-state index is -0.672. The number of hydrogen-bond donors (Lipinski definition) is 3. The van der Waals surface area contributed by atoms with Gasteiger partial charge in [0.15, 0.2) is 0 Å². The number of ether oxygens (including phenoxy) is 1. The summed E-state index contributed by atoms with van der Waals surface area (Å²) in [5, 5.41) is 8.58. The molecule has 0 aliphatic heterocycles. The van der Waals surface area contributed by atoms with Crippen LogP contribution in [0.25, 0.3) is 11.1 Å². The number of carbonyl (C=O) groups excluding carboxylic acids is 2. The largest absolute Gasteiger partial charge is 0.496 e. The summed E-state index contributed by atoms with van der Waals surface area (Å²) >= 11 is 0. The van der Waals surface area contributed by atoms with Crippen molar-refractivity contribution in [2.75, 3.05) is 7.11 Å². The second kappa shape index (κ2) is 8.12. The molecule has 0 saturated heterocycles. The Bertz CT molecular complexity index is 713. The first kappa shape index (κ1) is 17.5. The summed E-state index contributed by atoms with van der Waals surface area (Å²) in [7, 11) is 1.62. The molecule has 0 aromatic heterocycles. The van der Waals surface area contributed by atoms with E-state index in [0.717, 1.165) is 22.4 Å². The van der Waals surface area contributed by atoms with Gasteiger partial charge in [-0.2, -0.15) is 0 Å². The number of methoxy groups -OCH3 is 1. The second-order valence-electron chi connectivity index (χ2n) is 5.44. The molecular weight excluding hydrogens is 308 g/mol. The molecule has 24 heavy (non-hydrogen) atoms. The van der Waals surface area contributed by atoms with E-state index < -0.39 is 17.7 Å². The minimum Gasteiger partial charge on any atom is -0.496 e. The molecule has 0 bridgehead atoms. The first-order chi connectivity index (χ1) is 11.5. The van der Waals surface area contributed by atoms with Crippen LogP contribution >= 0.6 is 0 Å². The molecule has 2 rings (SSSR count). The van der Waals surface area contributed by atoms with Crippen molar-refractivity contribution in [3.63, 3.8) is 0 Å². The van der Waals surface area contributed by atoms with Crippen molar-refractivity contribution in [3.8, 4) is 16.9 Å². The first-order valence-electron chi connectivity index (χ1n) is 7.49. The normalized spacial score (nSPS) is 11.6. The van der Waals surface area contributed by atoms with Gasteiger partial charge in [-0.05, 0) is 23.6 Å². The van der Waals surface area contributed by atoms with Gasteiger partial charge in [0.1, 0.15) is 5.75 Å². The third kappa shape index (κ3) is 4.33. The van der Waals surface area contributed by atoms with Crippen LogP contribution in [-0.2, 0) is 16.0 Å². The highest BCUT2D eigenvalue weighted by Crippen LogP contribution is 2.29. The van der Waals surface area contributed by atoms with E-state index in [1.54, 1.807) is 7.11 Å². The molecule has 0 aliphatic rings. The van der Waals surface area contributed by atoms with Gasteiger partial charge in [-0.15, -0.1) is 0 Å². The Labute approximate surface area is 140 Å². The molecule has 2 amide bonds. The lowest BCUT2D eigenvalue weighted by molar-refractivity contribution is -0.133. The number of primary amides is 1. The standard InChI is InChI=1S/C18H20N2O4/c1-24-16-5-3-2-4-15(16)13-8-6-12(7-9-13)10-14(18(19)22)11-17(21)20-23/h2-9,14,23H,10-11H2,1H3,(H2,19,22)(H,20,21)/t14-/m1/s1. The van der Waals surface area contributed by atoms with Crippen LogP contribution in [-0.4, -0.2) is 24.1 Å². The molecule has 4 N–H and O–H groups in total. The Balaban J connectivity index is 2.16. The number of nitrogens with one attached hydrogen (secondary N) is 1. The van der Waals surface area contributed by atoms with Gasteiger partial charge in [0.2, 0.25) is 11.8 Å². The zero-order chi connectivity index (χ0) is 17.5. The summed E-state index contributed by atoms with van der Waals surface area (Å²) in [6.07, 6.45) is 0.176. The lowest BCUT2D eigenvalue weighted by Crippen LogP contribution is -2.31. The fourth-order valence-electron chi connectivity index (χ4n) is 2.53. The molecule has 0 saturated carbocycles. The minimum absolute atomic E-state index is 0.153. The highest BCUT2D eigenvalue weighted by molar-refractivity contribution is 5.84. The number of hydrogen-bond acceptors (Lipinski definition) is 4. The lowest BCUT2D eigenvalue weighted by Gasteiger charge is -2.13. The van der Waals surface area contributed by atoms with E-state index in [0.29, 0.717) is 6.42 Å². The Morgan fingerprint density at radius 2 is 1.83 bits per heavy atom. The molecule has 2 aromatic rings. The van der Waals surface area contributed by atoms with Gasteiger partial charge >= 0.3 is 0 Å². The Hall–Kier alpha value is -2.86. The van der Waals surface area contributed by atoms with Gasteiger partial charge in [-0.25, -0.2) is 5.48 Å². The smallest absolute Gasteiger partial charge is 0.244 e. The van der Waals surface area contributed by atoms with Crippen LogP contribution in [0.3, 0.4) is 0 Å². The Morgan fingerprint density at radius 1 is 1.17 bits per heavy atom. The highest BCUT2D eigenvalue weighted by atomic mass is 16.5. The molecule has 0 aliphatic carbocycles. The summed E-state index contributed by atoms with van der Waals surface area (Å²) in [6.45, 7) is 0. The van der Waals surface area contributed by atoms with Crippen LogP contribution in [0.2, 0.25) is 0 Å². The van der Waals surface area contributed by atoms with Crippen molar-refractivity contribution in [1.29, 1.82) is 0 Å². The van der Waals surface area contributed by atoms with Crippen LogP contribution in [0.4, 0.5) is 0 Å². The van der Waals surface area contributed by atoms with Gasteiger partial charge in [0, 0.05) is 12.0 Å². The Kier molecular flexibility index (Phi) is 5.92. The van der Waals surface area contributed by atoms with Crippen molar-refractivity contribution >= 4 is 11.8 Å². The van der Waals surface area contributed by atoms with Gasteiger partial charge in [-0.3, -0.25) is 14.8 Å². The SMILES string of the molecule is COc1ccccc1-c1ccc(C[C@H](CC(=O)NO)C(N)=O)cc1. The zero-order valence-corrected chi connectivity index (χ0v) is 13.4. The van der Waals surface area contributed by atoms with Crippen molar-refractivity contribution < 1.29 is 19.5 Å². The number of nitrogens with two attached hydrogens (primary N) is 1. The topological polar surface area (TPSA) is 102 Å². The summed E-state index contributed by atoms with van der Waals surface area (Å²) in [5.74, 6) is -1.11. The van der Waals surface area contributed by atoms with Crippen molar-refractivity contribution in [2.45, 2.75) is 12.8 Å².